The molecule has 32 heavy (non-hydrogen) atoms. The van der Waals surface area contributed by atoms with Crippen LogP contribution in [0.3, 0.4) is 0 Å². The molecule has 0 atom stereocenters. The molecule has 0 spiro atoms. The third-order valence-corrected chi connectivity index (χ3v) is 21.9. The average molecular weight is 505 g/mol. The van der Waals surface area contributed by atoms with Crippen LogP contribution in [0.25, 0.3) is 0 Å². The van der Waals surface area contributed by atoms with Gasteiger partial charge >= 0.3 is 0 Å². The van der Waals surface area contributed by atoms with Crippen LogP contribution >= 0.6 is 0 Å². The summed E-state index contributed by atoms with van der Waals surface area (Å²) >= 11 is 0. The fourth-order valence-electron chi connectivity index (χ4n) is 2.82. The topological polar surface area (TPSA) is 27.7 Å². The summed E-state index contributed by atoms with van der Waals surface area (Å²) in [6, 6.07) is 0. The molecule has 0 aliphatic rings. The van der Waals surface area contributed by atoms with Crippen molar-refractivity contribution in [2.45, 2.75) is 137 Å². The molecule has 0 radical (unpaired) electrons. The highest BCUT2D eigenvalue weighted by atomic mass is 28.4. The largest absolute Gasteiger partial charge is 0.416 e. The van der Waals surface area contributed by atoms with Gasteiger partial charge in [0, 0.05) is 25.2 Å². The van der Waals surface area contributed by atoms with Gasteiger partial charge in [0.15, 0.2) is 25.0 Å². The maximum absolute atomic E-state index is 6.87. The van der Waals surface area contributed by atoms with Gasteiger partial charge in [-0.2, -0.15) is 0 Å². The molecule has 0 aromatic carbocycles. The van der Waals surface area contributed by atoms with Crippen LogP contribution in [0.2, 0.25) is 54.4 Å². The Balaban J connectivity index is 6.08. The Labute approximate surface area is 206 Å². The summed E-state index contributed by atoms with van der Waals surface area (Å²) in [5.74, 6) is 0.559. The minimum absolute atomic E-state index is 0.116. The van der Waals surface area contributed by atoms with Crippen LogP contribution in [0.1, 0.15) is 82.6 Å². The first-order valence-corrected chi connectivity index (χ1v) is 21.4. The lowest BCUT2D eigenvalue weighted by Crippen LogP contribution is -2.52. The number of hydrogen-bond donors (Lipinski definition) is 0. The molecule has 3 nitrogen and oxygen atoms in total. The summed E-state index contributed by atoms with van der Waals surface area (Å²) in [5.41, 5.74) is -0.116. The average Bonchev–Trinajstić information content (AvgIpc) is 2.52. The minimum atomic E-state index is -1.88. The maximum Gasteiger partial charge on any atom is 0.192 e. The second kappa shape index (κ2) is 10.7. The van der Waals surface area contributed by atoms with E-state index in [9.17, 15) is 0 Å². The monoisotopic (exact) mass is 504 g/mol. The Kier molecular flexibility index (Phi) is 10.8. The molecule has 0 unspecified atom stereocenters. The van der Waals surface area contributed by atoms with E-state index in [1.54, 1.807) is 0 Å². The molecule has 0 aromatic heterocycles. The van der Waals surface area contributed by atoms with Crippen LogP contribution in [0.4, 0.5) is 0 Å². The number of rotatable bonds is 11. The van der Waals surface area contributed by atoms with E-state index in [-0.39, 0.29) is 20.5 Å². The Hall–Kier alpha value is 0.531. The summed E-state index contributed by atoms with van der Waals surface area (Å²) in [5, 5.41) is 0.575. The van der Waals surface area contributed by atoms with Crippen molar-refractivity contribution in [2.24, 2.45) is 11.3 Å². The van der Waals surface area contributed by atoms with E-state index in [2.05, 4.69) is 115 Å². The lowest BCUT2D eigenvalue weighted by Gasteiger charge is -2.46. The molecule has 0 rings (SSSR count). The molecule has 0 aliphatic carbocycles. The third-order valence-electron chi connectivity index (χ3n) is 8.48. The van der Waals surface area contributed by atoms with Crippen molar-refractivity contribution in [3.05, 3.63) is 0 Å². The standard InChI is InChI=1S/C26H60O3Si3/c1-22(2)18-26(19-27-30(12,13)23(3,4)5,20-28-31(14,15)24(6,7)8)21-29-32(16,17)25(9,10)11/h22H,18-21H2,1-17H3. The molecule has 6 heteroatoms. The summed E-state index contributed by atoms with van der Waals surface area (Å²) < 4.78 is 20.6. The van der Waals surface area contributed by atoms with Crippen molar-refractivity contribution in [2.75, 3.05) is 19.8 Å². The van der Waals surface area contributed by atoms with E-state index < -0.39 is 25.0 Å². The lowest BCUT2D eigenvalue weighted by molar-refractivity contribution is 0.00323. The van der Waals surface area contributed by atoms with Crippen LogP contribution in [0.5, 0.6) is 0 Å². The van der Waals surface area contributed by atoms with E-state index in [4.69, 9.17) is 13.3 Å². The van der Waals surface area contributed by atoms with Crippen molar-refractivity contribution in [1.29, 1.82) is 0 Å². The summed E-state index contributed by atoms with van der Waals surface area (Å²) in [6.07, 6.45) is 1.06. The molecule has 0 saturated carbocycles. The highest BCUT2D eigenvalue weighted by molar-refractivity contribution is 6.75. The summed E-state index contributed by atoms with van der Waals surface area (Å²) in [7, 11) is -5.63. The zero-order valence-electron chi connectivity index (χ0n) is 25.1. The molecule has 194 valence electrons. The Morgan fingerprint density at radius 3 is 0.875 bits per heavy atom. The Morgan fingerprint density at radius 1 is 0.500 bits per heavy atom. The lowest BCUT2D eigenvalue weighted by atomic mass is 9.82. The zero-order chi connectivity index (χ0) is 26.0. The zero-order valence-corrected chi connectivity index (χ0v) is 28.1. The van der Waals surface area contributed by atoms with Gasteiger partial charge in [-0.15, -0.1) is 0 Å². The van der Waals surface area contributed by atoms with Gasteiger partial charge < -0.3 is 13.3 Å². The van der Waals surface area contributed by atoms with Crippen molar-refractivity contribution in [1.82, 2.24) is 0 Å². The van der Waals surface area contributed by atoms with Gasteiger partial charge in [0.2, 0.25) is 0 Å². The fraction of sp³-hybridized carbons (Fsp3) is 1.00. The van der Waals surface area contributed by atoms with Crippen molar-refractivity contribution >= 4 is 25.0 Å². The predicted octanol–water partition coefficient (Wildman–Crippen LogP) is 9.08. The fourth-order valence-corrected chi connectivity index (χ4v) is 6.12. The second-order valence-electron chi connectivity index (χ2n) is 15.2. The molecule has 0 bridgehead atoms. The van der Waals surface area contributed by atoms with Crippen molar-refractivity contribution in [3.63, 3.8) is 0 Å². The highest BCUT2D eigenvalue weighted by Crippen LogP contribution is 2.43. The highest BCUT2D eigenvalue weighted by Gasteiger charge is 2.46. The molecule has 0 N–H and O–H groups in total. The van der Waals surface area contributed by atoms with Crippen molar-refractivity contribution < 1.29 is 13.3 Å². The van der Waals surface area contributed by atoms with Gasteiger partial charge in [0.1, 0.15) is 0 Å². The van der Waals surface area contributed by atoms with Crippen LogP contribution in [0.15, 0.2) is 0 Å². The summed E-state index contributed by atoms with van der Waals surface area (Å²) in [6.45, 7) is 41.9. The molecule has 0 saturated heterocycles. The van der Waals surface area contributed by atoms with Gasteiger partial charge in [0.05, 0.1) is 0 Å². The van der Waals surface area contributed by atoms with E-state index in [0.717, 1.165) is 26.2 Å². The summed E-state index contributed by atoms with van der Waals surface area (Å²) in [4.78, 5) is 0. The van der Waals surface area contributed by atoms with E-state index in [0.29, 0.717) is 5.92 Å². The van der Waals surface area contributed by atoms with Gasteiger partial charge in [0.25, 0.3) is 0 Å². The van der Waals surface area contributed by atoms with Gasteiger partial charge in [-0.3, -0.25) is 0 Å². The molecule has 0 aromatic rings. The smallest absolute Gasteiger partial charge is 0.192 e. The second-order valence-corrected chi connectivity index (χ2v) is 29.7. The van der Waals surface area contributed by atoms with Crippen LogP contribution in [-0.4, -0.2) is 44.8 Å². The van der Waals surface area contributed by atoms with Gasteiger partial charge in [-0.05, 0) is 66.7 Å². The van der Waals surface area contributed by atoms with Crippen molar-refractivity contribution in [3.8, 4) is 0 Å². The Bertz CT molecular complexity index is 503. The van der Waals surface area contributed by atoms with Gasteiger partial charge in [-0.25, -0.2) is 0 Å². The maximum atomic E-state index is 6.87. The first kappa shape index (κ1) is 32.5. The molecular weight excluding hydrogens is 445 g/mol. The van der Waals surface area contributed by atoms with E-state index in [1.807, 2.05) is 0 Å². The molecule has 0 heterocycles. The molecule has 0 aliphatic heterocycles. The molecular formula is C26H60O3Si3. The SMILES string of the molecule is CC(C)CC(CO[Si](C)(C)C(C)(C)C)(CO[Si](C)(C)C(C)(C)C)CO[Si](C)(C)C(C)(C)C. The Morgan fingerprint density at radius 2 is 0.719 bits per heavy atom. The first-order valence-electron chi connectivity index (χ1n) is 12.7. The molecule has 0 amide bonds. The van der Waals surface area contributed by atoms with E-state index in [1.165, 1.54) is 0 Å². The van der Waals surface area contributed by atoms with Crippen LogP contribution < -0.4 is 0 Å². The third kappa shape index (κ3) is 9.29. The quantitative estimate of drug-likeness (QED) is 0.262. The first-order chi connectivity index (χ1) is 13.8. The van der Waals surface area contributed by atoms with Gasteiger partial charge in [-0.1, -0.05) is 76.2 Å². The normalized spacial score (nSPS) is 15.6. The van der Waals surface area contributed by atoms with Crippen LogP contribution in [0, 0.1) is 11.3 Å². The van der Waals surface area contributed by atoms with E-state index >= 15 is 0 Å². The molecule has 0 fully saturated rings. The predicted molar refractivity (Wildman–Crippen MR) is 151 cm³/mol. The van der Waals surface area contributed by atoms with Crippen LogP contribution in [-0.2, 0) is 13.3 Å². The minimum Gasteiger partial charge on any atom is -0.416 e. The number of hydrogen-bond acceptors (Lipinski definition) is 3.